The maximum absolute atomic E-state index is 9.12. The van der Waals surface area contributed by atoms with Crippen molar-refractivity contribution < 1.29 is 4.74 Å². The number of rotatable bonds is 4. The minimum Gasteiger partial charge on any atom is -0.495 e. The van der Waals surface area contributed by atoms with Crippen molar-refractivity contribution in [3.8, 4) is 11.8 Å². The molecule has 20 heavy (non-hydrogen) atoms. The second kappa shape index (κ2) is 6.12. The molecule has 0 saturated carbocycles. The van der Waals surface area contributed by atoms with Crippen molar-refractivity contribution in [3.63, 3.8) is 0 Å². The van der Waals surface area contributed by atoms with E-state index in [0.29, 0.717) is 11.3 Å². The van der Waals surface area contributed by atoms with Gasteiger partial charge >= 0.3 is 0 Å². The normalized spacial score (nSPS) is 9.90. The Bertz CT molecular complexity index is 644. The van der Waals surface area contributed by atoms with Crippen LogP contribution in [0, 0.1) is 18.3 Å². The third-order valence-corrected chi connectivity index (χ3v) is 3.25. The Labute approximate surface area is 120 Å². The van der Waals surface area contributed by atoms with Crippen LogP contribution in [-0.4, -0.2) is 14.2 Å². The molecule has 0 N–H and O–H groups in total. The highest BCUT2D eigenvalue weighted by atomic mass is 16.5. The lowest BCUT2D eigenvalue weighted by Crippen LogP contribution is -2.16. The summed E-state index contributed by atoms with van der Waals surface area (Å²) >= 11 is 0. The maximum atomic E-state index is 9.12. The molecule has 0 heterocycles. The largest absolute Gasteiger partial charge is 0.495 e. The molecule has 0 fully saturated rings. The summed E-state index contributed by atoms with van der Waals surface area (Å²) in [6, 6.07) is 16.2. The second-order valence-corrected chi connectivity index (χ2v) is 4.84. The first-order valence-electron chi connectivity index (χ1n) is 6.49. The van der Waals surface area contributed by atoms with E-state index in [0.717, 1.165) is 12.1 Å². The number of nitriles is 1. The van der Waals surface area contributed by atoms with Gasteiger partial charge in [0.2, 0.25) is 0 Å². The van der Waals surface area contributed by atoms with Gasteiger partial charge in [-0.1, -0.05) is 18.2 Å². The molecule has 0 amide bonds. The zero-order valence-corrected chi connectivity index (χ0v) is 12.1. The third kappa shape index (κ3) is 3.10. The Morgan fingerprint density at radius 3 is 2.65 bits per heavy atom. The molecule has 0 aromatic heterocycles. The van der Waals surface area contributed by atoms with E-state index in [4.69, 9.17) is 10.00 Å². The quantitative estimate of drug-likeness (QED) is 0.849. The van der Waals surface area contributed by atoms with E-state index in [-0.39, 0.29) is 0 Å². The van der Waals surface area contributed by atoms with E-state index in [1.807, 2.05) is 25.2 Å². The van der Waals surface area contributed by atoms with Gasteiger partial charge in [-0.2, -0.15) is 5.26 Å². The number of aryl methyl sites for hydroxylation is 1. The second-order valence-electron chi connectivity index (χ2n) is 4.84. The molecule has 102 valence electrons. The van der Waals surface area contributed by atoms with Gasteiger partial charge in [0.1, 0.15) is 11.8 Å². The fourth-order valence-corrected chi connectivity index (χ4v) is 2.17. The summed E-state index contributed by atoms with van der Waals surface area (Å²) in [5.41, 5.74) is 4.06. The van der Waals surface area contributed by atoms with Crippen LogP contribution in [0.5, 0.6) is 5.75 Å². The highest BCUT2D eigenvalue weighted by molar-refractivity contribution is 5.50. The summed E-state index contributed by atoms with van der Waals surface area (Å²) < 4.78 is 5.16. The predicted molar refractivity (Wildman–Crippen MR) is 81.0 cm³/mol. The summed E-state index contributed by atoms with van der Waals surface area (Å²) in [5, 5.41) is 9.12. The first kappa shape index (κ1) is 14.0. The lowest BCUT2D eigenvalue weighted by atomic mass is 10.1. The van der Waals surface area contributed by atoms with Gasteiger partial charge in [-0.25, -0.2) is 0 Å². The van der Waals surface area contributed by atoms with Crippen molar-refractivity contribution in [2.75, 3.05) is 19.1 Å². The smallest absolute Gasteiger partial charge is 0.136 e. The number of hydrogen-bond acceptors (Lipinski definition) is 3. The lowest BCUT2D eigenvalue weighted by molar-refractivity contribution is 0.413. The molecule has 0 atom stereocenters. The van der Waals surface area contributed by atoms with Crippen LogP contribution >= 0.6 is 0 Å². The zero-order valence-electron chi connectivity index (χ0n) is 12.1. The number of ether oxygens (including phenoxy) is 1. The number of benzene rings is 2. The summed E-state index contributed by atoms with van der Waals surface area (Å²) in [7, 11) is 3.62. The fourth-order valence-electron chi connectivity index (χ4n) is 2.17. The molecule has 0 aliphatic rings. The van der Waals surface area contributed by atoms with Crippen LogP contribution < -0.4 is 9.64 Å². The van der Waals surface area contributed by atoms with Crippen molar-refractivity contribution in [1.29, 1.82) is 5.26 Å². The Kier molecular flexibility index (Phi) is 4.27. The Morgan fingerprint density at radius 2 is 2.00 bits per heavy atom. The SMILES string of the molecule is COc1ccc(CN(C)c2cccc(C)c2)cc1C#N. The summed E-state index contributed by atoms with van der Waals surface area (Å²) in [4.78, 5) is 2.16. The Hall–Kier alpha value is -2.47. The highest BCUT2D eigenvalue weighted by Crippen LogP contribution is 2.21. The van der Waals surface area contributed by atoms with Gasteiger partial charge in [0.05, 0.1) is 12.7 Å². The monoisotopic (exact) mass is 266 g/mol. The van der Waals surface area contributed by atoms with Gasteiger partial charge in [-0.15, -0.1) is 0 Å². The van der Waals surface area contributed by atoms with Crippen LogP contribution in [0.25, 0.3) is 0 Å². The molecule has 0 bridgehead atoms. The van der Waals surface area contributed by atoms with E-state index < -0.39 is 0 Å². The average molecular weight is 266 g/mol. The van der Waals surface area contributed by atoms with Crippen LogP contribution in [0.15, 0.2) is 42.5 Å². The maximum Gasteiger partial charge on any atom is 0.136 e. The standard InChI is InChI=1S/C17H18N2O/c1-13-5-4-6-16(9-13)19(2)12-14-7-8-17(20-3)15(10-14)11-18/h4-10H,12H2,1-3H3. The van der Waals surface area contributed by atoms with Crippen LogP contribution in [0.1, 0.15) is 16.7 Å². The molecule has 0 aliphatic heterocycles. The zero-order chi connectivity index (χ0) is 14.5. The highest BCUT2D eigenvalue weighted by Gasteiger charge is 2.06. The fraction of sp³-hybridized carbons (Fsp3) is 0.235. The molecular formula is C17H18N2O. The Morgan fingerprint density at radius 1 is 1.20 bits per heavy atom. The summed E-state index contributed by atoms with van der Waals surface area (Å²) in [6.07, 6.45) is 0. The number of anilines is 1. The van der Waals surface area contributed by atoms with Crippen LogP contribution in [0.2, 0.25) is 0 Å². The van der Waals surface area contributed by atoms with Crippen molar-refractivity contribution >= 4 is 5.69 Å². The first-order valence-corrected chi connectivity index (χ1v) is 6.49. The number of methoxy groups -OCH3 is 1. The molecule has 3 heteroatoms. The van der Waals surface area contributed by atoms with Crippen LogP contribution in [-0.2, 0) is 6.54 Å². The molecule has 0 unspecified atom stereocenters. The van der Waals surface area contributed by atoms with Gasteiger partial charge in [0.25, 0.3) is 0 Å². The average Bonchev–Trinajstić information content (AvgIpc) is 2.47. The molecular weight excluding hydrogens is 248 g/mol. The van der Waals surface area contributed by atoms with Crippen molar-refractivity contribution in [3.05, 3.63) is 59.2 Å². The van der Waals surface area contributed by atoms with E-state index in [9.17, 15) is 0 Å². The van der Waals surface area contributed by atoms with Gasteiger partial charge in [0, 0.05) is 19.3 Å². The van der Waals surface area contributed by atoms with E-state index in [1.165, 1.54) is 11.3 Å². The Balaban J connectivity index is 2.20. The predicted octanol–water partition coefficient (Wildman–Crippen LogP) is 3.51. The third-order valence-electron chi connectivity index (χ3n) is 3.25. The van der Waals surface area contributed by atoms with Crippen molar-refractivity contribution in [2.24, 2.45) is 0 Å². The van der Waals surface area contributed by atoms with E-state index >= 15 is 0 Å². The van der Waals surface area contributed by atoms with Crippen molar-refractivity contribution in [2.45, 2.75) is 13.5 Å². The molecule has 0 aliphatic carbocycles. The summed E-state index contributed by atoms with van der Waals surface area (Å²) in [5.74, 6) is 0.620. The number of nitrogens with zero attached hydrogens (tertiary/aromatic N) is 2. The number of hydrogen-bond donors (Lipinski definition) is 0. The van der Waals surface area contributed by atoms with Gasteiger partial charge in [-0.05, 0) is 42.3 Å². The van der Waals surface area contributed by atoms with E-state index in [2.05, 4.69) is 42.2 Å². The van der Waals surface area contributed by atoms with Gasteiger partial charge in [0.15, 0.2) is 0 Å². The minimum atomic E-state index is 0.572. The molecule has 0 spiro atoms. The summed E-state index contributed by atoms with van der Waals surface area (Å²) in [6.45, 7) is 2.83. The lowest BCUT2D eigenvalue weighted by Gasteiger charge is -2.20. The molecule has 2 aromatic rings. The molecule has 2 rings (SSSR count). The molecule has 3 nitrogen and oxygen atoms in total. The first-order chi connectivity index (χ1) is 9.63. The molecule has 2 aromatic carbocycles. The van der Waals surface area contributed by atoms with Gasteiger partial charge < -0.3 is 9.64 Å². The minimum absolute atomic E-state index is 0.572. The van der Waals surface area contributed by atoms with Crippen LogP contribution in [0.3, 0.4) is 0 Å². The van der Waals surface area contributed by atoms with Crippen molar-refractivity contribution in [1.82, 2.24) is 0 Å². The van der Waals surface area contributed by atoms with E-state index in [1.54, 1.807) is 7.11 Å². The molecule has 0 radical (unpaired) electrons. The topological polar surface area (TPSA) is 36.3 Å². The molecule has 0 saturated heterocycles. The van der Waals surface area contributed by atoms with Crippen LogP contribution in [0.4, 0.5) is 5.69 Å². The van der Waals surface area contributed by atoms with Gasteiger partial charge in [-0.3, -0.25) is 0 Å².